The van der Waals surface area contributed by atoms with E-state index in [1.54, 1.807) is 0 Å². The second kappa shape index (κ2) is 15.6. The fraction of sp³-hybridized carbons (Fsp3) is 0.842. The van der Waals surface area contributed by atoms with E-state index < -0.39 is 0 Å². The van der Waals surface area contributed by atoms with Crippen LogP contribution >= 0.6 is 0 Å². The van der Waals surface area contributed by atoms with Crippen molar-refractivity contribution in [2.24, 2.45) is 5.92 Å². The molecule has 21 heavy (non-hydrogen) atoms. The molecule has 0 radical (unpaired) electrons. The van der Waals surface area contributed by atoms with Crippen LogP contribution in [0.1, 0.15) is 91.4 Å². The zero-order valence-electron chi connectivity index (χ0n) is 14.5. The van der Waals surface area contributed by atoms with Gasteiger partial charge in [-0.05, 0) is 39.0 Å². The zero-order chi connectivity index (χ0) is 15.8. The van der Waals surface area contributed by atoms with E-state index in [0.29, 0.717) is 6.61 Å². The average Bonchev–Trinajstić information content (AvgIpc) is 2.48. The molecule has 0 aromatic rings. The lowest BCUT2D eigenvalue weighted by molar-refractivity contribution is -0.148. The minimum atomic E-state index is -0.0105. The molecule has 2 heteroatoms. The van der Waals surface area contributed by atoms with Gasteiger partial charge in [0.25, 0.3) is 0 Å². The summed E-state index contributed by atoms with van der Waals surface area (Å²) in [4.78, 5) is 11.8. The molecule has 0 aliphatic heterocycles. The standard InChI is InChI=1S/C19H36O2/c1-4-7-8-9-10-11-12-13-14-15-17-18(16-5-2)19(20)21-6-3/h13-14,18H,4-12,15-17H2,1-3H3. The number of hydrogen-bond acceptors (Lipinski definition) is 2. The Labute approximate surface area is 132 Å². The summed E-state index contributed by atoms with van der Waals surface area (Å²) < 4.78 is 5.14. The van der Waals surface area contributed by atoms with Crippen molar-refractivity contribution in [3.05, 3.63) is 12.2 Å². The van der Waals surface area contributed by atoms with E-state index in [1.165, 1.54) is 44.9 Å². The summed E-state index contributed by atoms with van der Waals surface area (Å²) in [5.74, 6) is 0.0808. The van der Waals surface area contributed by atoms with Gasteiger partial charge in [0, 0.05) is 0 Å². The van der Waals surface area contributed by atoms with Gasteiger partial charge in [-0.1, -0.05) is 64.5 Å². The van der Waals surface area contributed by atoms with Crippen LogP contribution in [0.3, 0.4) is 0 Å². The van der Waals surface area contributed by atoms with Crippen molar-refractivity contribution in [2.45, 2.75) is 91.4 Å². The first-order valence-electron chi connectivity index (χ1n) is 9.07. The molecular formula is C19H36O2. The van der Waals surface area contributed by atoms with E-state index in [9.17, 15) is 4.79 Å². The van der Waals surface area contributed by atoms with E-state index >= 15 is 0 Å². The molecule has 1 unspecified atom stereocenters. The smallest absolute Gasteiger partial charge is 0.308 e. The van der Waals surface area contributed by atoms with E-state index in [1.807, 2.05) is 6.92 Å². The monoisotopic (exact) mass is 296 g/mol. The largest absolute Gasteiger partial charge is 0.466 e. The summed E-state index contributed by atoms with van der Waals surface area (Å²) in [5, 5.41) is 0. The van der Waals surface area contributed by atoms with Crippen LogP contribution in [0.2, 0.25) is 0 Å². The summed E-state index contributed by atoms with van der Waals surface area (Å²) >= 11 is 0. The highest BCUT2D eigenvalue weighted by molar-refractivity contribution is 5.72. The van der Waals surface area contributed by atoms with Gasteiger partial charge < -0.3 is 4.74 Å². The first-order valence-corrected chi connectivity index (χ1v) is 9.07. The maximum Gasteiger partial charge on any atom is 0.308 e. The lowest BCUT2D eigenvalue weighted by Gasteiger charge is -2.13. The number of hydrogen-bond donors (Lipinski definition) is 0. The maximum absolute atomic E-state index is 11.8. The molecule has 0 rings (SSSR count). The van der Waals surface area contributed by atoms with Gasteiger partial charge in [0.1, 0.15) is 0 Å². The van der Waals surface area contributed by atoms with Crippen LogP contribution in [-0.4, -0.2) is 12.6 Å². The molecule has 0 fully saturated rings. The normalized spacial score (nSPS) is 12.7. The first-order chi connectivity index (χ1) is 10.3. The van der Waals surface area contributed by atoms with Crippen molar-refractivity contribution in [3.63, 3.8) is 0 Å². The quantitative estimate of drug-likeness (QED) is 0.221. The third-order valence-electron chi connectivity index (χ3n) is 3.83. The molecule has 0 saturated heterocycles. The van der Waals surface area contributed by atoms with E-state index in [2.05, 4.69) is 26.0 Å². The third kappa shape index (κ3) is 12.6. The van der Waals surface area contributed by atoms with E-state index in [-0.39, 0.29) is 11.9 Å². The second-order valence-electron chi connectivity index (χ2n) is 5.84. The minimum absolute atomic E-state index is 0.0105. The Kier molecular flexibility index (Phi) is 15.0. The van der Waals surface area contributed by atoms with Gasteiger partial charge in [0.05, 0.1) is 12.5 Å². The topological polar surface area (TPSA) is 26.3 Å². The molecule has 0 aromatic carbocycles. The van der Waals surface area contributed by atoms with Crippen LogP contribution in [-0.2, 0) is 9.53 Å². The third-order valence-corrected chi connectivity index (χ3v) is 3.83. The molecule has 0 N–H and O–H groups in total. The number of rotatable bonds is 14. The highest BCUT2D eigenvalue weighted by Crippen LogP contribution is 2.16. The Hall–Kier alpha value is -0.790. The van der Waals surface area contributed by atoms with Gasteiger partial charge in [-0.25, -0.2) is 0 Å². The first kappa shape index (κ1) is 20.2. The highest BCUT2D eigenvalue weighted by atomic mass is 16.5. The number of esters is 1. The van der Waals surface area contributed by atoms with Crippen molar-refractivity contribution < 1.29 is 9.53 Å². The van der Waals surface area contributed by atoms with Gasteiger partial charge >= 0.3 is 5.97 Å². The van der Waals surface area contributed by atoms with Crippen LogP contribution < -0.4 is 0 Å². The summed E-state index contributed by atoms with van der Waals surface area (Å²) in [7, 11) is 0. The van der Waals surface area contributed by atoms with Crippen molar-refractivity contribution in [1.29, 1.82) is 0 Å². The molecule has 0 bridgehead atoms. The minimum Gasteiger partial charge on any atom is -0.466 e. The number of carbonyl (C=O) groups excluding carboxylic acids is 1. The molecule has 0 aliphatic rings. The molecule has 0 heterocycles. The van der Waals surface area contributed by atoms with Gasteiger partial charge in [-0.2, -0.15) is 0 Å². The zero-order valence-corrected chi connectivity index (χ0v) is 14.5. The Balaban J connectivity index is 3.63. The Morgan fingerprint density at radius 2 is 1.52 bits per heavy atom. The van der Waals surface area contributed by atoms with Crippen molar-refractivity contribution >= 4 is 5.97 Å². The average molecular weight is 296 g/mol. The van der Waals surface area contributed by atoms with Crippen molar-refractivity contribution in [3.8, 4) is 0 Å². The highest BCUT2D eigenvalue weighted by Gasteiger charge is 2.17. The fourth-order valence-corrected chi connectivity index (χ4v) is 2.56. The van der Waals surface area contributed by atoms with Crippen LogP contribution in [0.15, 0.2) is 12.2 Å². The van der Waals surface area contributed by atoms with Crippen LogP contribution in [0.25, 0.3) is 0 Å². The summed E-state index contributed by atoms with van der Waals surface area (Å²) in [6.07, 6.45) is 17.8. The molecule has 0 aliphatic carbocycles. The van der Waals surface area contributed by atoms with Crippen LogP contribution in [0.5, 0.6) is 0 Å². The Morgan fingerprint density at radius 1 is 0.857 bits per heavy atom. The van der Waals surface area contributed by atoms with Gasteiger partial charge in [0.2, 0.25) is 0 Å². The van der Waals surface area contributed by atoms with Crippen LogP contribution in [0.4, 0.5) is 0 Å². The molecule has 0 saturated carbocycles. The maximum atomic E-state index is 11.8. The molecule has 0 spiro atoms. The molecule has 124 valence electrons. The van der Waals surface area contributed by atoms with E-state index in [4.69, 9.17) is 4.74 Å². The molecule has 2 nitrogen and oxygen atoms in total. The Bertz CT molecular complexity index is 258. The predicted molar refractivity (Wildman–Crippen MR) is 91.4 cm³/mol. The van der Waals surface area contributed by atoms with Gasteiger partial charge in [0.15, 0.2) is 0 Å². The van der Waals surface area contributed by atoms with Crippen molar-refractivity contribution in [2.75, 3.05) is 6.61 Å². The molecule has 1 atom stereocenters. The number of ether oxygens (including phenoxy) is 1. The SMILES string of the molecule is CCCCCCCCC=CCCC(CCC)C(=O)OCC. The van der Waals surface area contributed by atoms with Crippen LogP contribution in [0, 0.1) is 5.92 Å². The summed E-state index contributed by atoms with van der Waals surface area (Å²) in [5.41, 5.74) is 0. The second-order valence-corrected chi connectivity index (χ2v) is 5.84. The predicted octanol–water partition coefficient (Wildman–Crippen LogP) is 6.05. The van der Waals surface area contributed by atoms with Crippen molar-refractivity contribution in [1.82, 2.24) is 0 Å². The Morgan fingerprint density at radius 3 is 2.19 bits per heavy atom. The number of allylic oxidation sites excluding steroid dienone is 2. The molecular weight excluding hydrogens is 260 g/mol. The molecule has 0 aromatic heterocycles. The van der Waals surface area contributed by atoms with Gasteiger partial charge in [-0.3, -0.25) is 4.79 Å². The van der Waals surface area contributed by atoms with E-state index in [0.717, 1.165) is 25.7 Å². The lowest BCUT2D eigenvalue weighted by atomic mass is 9.98. The number of unbranched alkanes of at least 4 members (excludes halogenated alkanes) is 6. The summed E-state index contributed by atoms with van der Waals surface area (Å²) in [6.45, 7) is 6.75. The molecule has 0 amide bonds. The van der Waals surface area contributed by atoms with Gasteiger partial charge in [-0.15, -0.1) is 0 Å². The summed E-state index contributed by atoms with van der Waals surface area (Å²) in [6, 6.07) is 0. The lowest BCUT2D eigenvalue weighted by Crippen LogP contribution is -2.17. The fourth-order valence-electron chi connectivity index (χ4n) is 2.56. The number of carbonyl (C=O) groups is 1.